The molecule has 0 unspecified atom stereocenters. The number of halogens is 2. The minimum absolute atomic E-state index is 0.00712. The number of pyridine rings is 1. The highest BCUT2D eigenvalue weighted by Crippen LogP contribution is 2.43. The number of carbonyl (C=O) groups is 1. The summed E-state index contributed by atoms with van der Waals surface area (Å²) in [5, 5.41) is 1.21. The van der Waals surface area contributed by atoms with E-state index in [1.54, 1.807) is 18.3 Å². The van der Waals surface area contributed by atoms with Crippen LogP contribution in [0.25, 0.3) is 38.6 Å². The van der Waals surface area contributed by atoms with E-state index >= 15 is 4.39 Å². The highest BCUT2D eigenvalue weighted by molar-refractivity contribution is 6.06. The number of rotatable bonds is 8. The lowest BCUT2D eigenvalue weighted by atomic mass is 9.94. The van der Waals surface area contributed by atoms with Gasteiger partial charge in [-0.25, -0.2) is 18.6 Å². The molecule has 2 bridgehead atoms. The van der Waals surface area contributed by atoms with Gasteiger partial charge in [0.15, 0.2) is 12.6 Å². The normalized spacial score (nSPS) is 23.6. The fourth-order valence-corrected chi connectivity index (χ4v) is 9.45. The first-order chi connectivity index (χ1) is 26.9. The smallest absolute Gasteiger partial charge is 0.410 e. The first-order valence-electron chi connectivity index (χ1n) is 19.3. The highest BCUT2D eigenvalue weighted by Gasteiger charge is 2.50. The number of aromatic nitrogens is 4. The molecule has 2 aromatic carbocycles. The number of fused-ring (bicyclic) bond motifs is 7. The number of benzene rings is 2. The van der Waals surface area contributed by atoms with Gasteiger partial charge in [-0.2, -0.15) is 9.97 Å². The fourth-order valence-electron chi connectivity index (χ4n) is 9.45. The van der Waals surface area contributed by atoms with Gasteiger partial charge in [-0.1, -0.05) is 12.0 Å². The van der Waals surface area contributed by atoms with E-state index in [4.69, 9.17) is 40.3 Å². The van der Waals surface area contributed by atoms with Crippen LogP contribution in [0.1, 0.15) is 58.4 Å². The van der Waals surface area contributed by atoms with Crippen LogP contribution in [0.5, 0.6) is 11.8 Å². The maximum Gasteiger partial charge on any atom is 0.410 e. The van der Waals surface area contributed by atoms with Gasteiger partial charge in [-0.05, 0) is 88.2 Å². The molecule has 4 aliphatic heterocycles. The number of amides is 1. The quantitative estimate of drug-likeness (QED) is 0.125. The van der Waals surface area contributed by atoms with E-state index in [0.717, 1.165) is 32.2 Å². The minimum atomic E-state index is -0.906. The number of ether oxygens (including phenoxy) is 4. The van der Waals surface area contributed by atoms with Crippen LogP contribution in [0.2, 0.25) is 0 Å². The topological polar surface area (TPSA) is 107 Å². The van der Waals surface area contributed by atoms with Crippen molar-refractivity contribution in [3.8, 4) is 35.2 Å². The van der Waals surface area contributed by atoms with E-state index in [1.807, 2.05) is 48.4 Å². The maximum absolute atomic E-state index is 15.4. The number of carbonyl (C=O) groups excluding carboxylic acids is 1. The van der Waals surface area contributed by atoms with Crippen LogP contribution in [0.4, 0.5) is 19.4 Å². The molecule has 56 heavy (non-hydrogen) atoms. The third-order valence-corrected chi connectivity index (χ3v) is 11.7. The molecule has 0 aliphatic carbocycles. The predicted octanol–water partition coefficient (Wildman–Crippen LogP) is 6.74. The monoisotopic (exact) mass is 765 g/mol. The number of piperazine rings is 1. The molecule has 5 aromatic rings. The molecule has 0 N–H and O–H groups in total. The molecule has 4 aliphatic rings. The summed E-state index contributed by atoms with van der Waals surface area (Å²) in [5.41, 5.74) is 2.16. The zero-order chi connectivity index (χ0) is 38.9. The third kappa shape index (κ3) is 6.21. The van der Waals surface area contributed by atoms with Crippen molar-refractivity contribution in [1.82, 2.24) is 29.2 Å². The second kappa shape index (κ2) is 13.7. The van der Waals surface area contributed by atoms with Crippen LogP contribution in [0, 0.1) is 18.2 Å². The van der Waals surface area contributed by atoms with Crippen LogP contribution in [0.15, 0.2) is 42.7 Å². The average Bonchev–Trinajstić information content (AvgIpc) is 3.93. The summed E-state index contributed by atoms with van der Waals surface area (Å²) in [6, 6.07) is 8.55. The first kappa shape index (κ1) is 36.4. The van der Waals surface area contributed by atoms with Gasteiger partial charge >= 0.3 is 12.1 Å². The Balaban J connectivity index is 1.20. The molecule has 1 amide bonds. The summed E-state index contributed by atoms with van der Waals surface area (Å²) in [4.78, 5) is 34.6. The van der Waals surface area contributed by atoms with Crippen LogP contribution in [-0.2, 0) is 9.47 Å². The predicted molar refractivity (Wildman–Crippen MR) is 207 cm³/mol. The van der Waals surface area contributed by atoms with Crippen molar-refractivity contribution in [2.75, 3.05) is 51.6 Å². The molecule has 292 valence electrons. The van der Waals surface area contributed by atoms with Gasteiger partial charge in [-0.3, -0.25) is 14.2 Å². The molecule has 4 fully saturated rings. The van der Waals surface area contributed by atoms with Crippen molar-refractivity contribution >= 4 is 39.4 Å². The van der Waals surface area contributed by atoms with E-state index in [9.17, 15) is 9.18 Å². The average molecular weight is 766 g/mol. The standard InChI is InChI=1S/C42H45F2N7O5/c1-6-30-33(44)11-8-25-16-29(55-24-53-5)17-31(35(25)30)32-18-34-36(50-15-13-45-37(32)50)38(47-39(46-34)54-23-42-12-7-14-49(42)20-26(43)19-42)48-21-27-9-10-28(22-48)51(27)40(52)56-41(2,3)4/h1,8,11,13,15-18,26-28H,7,9-10,12,14,19-24H2,2-5H3/t26-,27-,28+,42+/m1/s1. The minimum Gasteiger partial charge on any atom is -0.468 e. The highest BCUT2D eigenvalue weighted by atomic mass is 19.1. The van der Waals surface area contributed by atoms with Crippen molar-refractivity contribution < 1.29 is 32.5 Å². The largest absolute Gasteiger partial charge is 0.468 e. The molecule has 0 saturated carbocycles. The van der Waals surface area contributed by atoms with E-state index < -0.39 is 23.1 Å². The SMILES string of the molecule is C#Cc1c(F)ccc2cc(OCOC)cc(-c3cc4nc(OC[C@@]56CCCN5C[C@H](F)C6)nc(N5C[C@H]6CC[C@@H](C5)N6C(=O)OC(C)(C)C)c4n4ccnc34)c12. The lowest BCUT2D eigenvalue weighted by molar-refractivity contribution is 0.0122. The van der Waals surface area contributed by atoms with Gasteiger partial charge < -0.3 is 23.8 Å². The molecular formula is C42H45F2N7O5. The number of hydrogen-bond donors (Lipinski definition) is 0. The van der Waals surface area contributed by atoms with Crippen LogP contribution in [0.3, 0.4) is 0 Å². The van der Waals surface area contributed by atoms with E-state index in [0.29, 0.717) is 76.2 Å². The number of terminal acetylenes is 1. The van der Waals surface area contributed by atoms with Crippen molar-refractivity contribution in [1.29, 1.82) is 0 Å². The molecule has 4 atom stereocenters. The zero-order valence-corrected chi connectivity index (χ0v) is 32.1. The Morgan fingerprint density at radius 1 is 1.07 bits per heavy atom. The van der Waals surface area contributed by atoms with Gasteiger partial charge in [-0.15, -0.1) is 6.42 Å². The lowest BCUT2D eigenvalue weighted by Crippen LogP contribution is -2.57. The van der Waals surface area contributed by atoms with Crippen molar-refractivity contribution in [3.05, 3.63) is 54.1 Å². The molecule has 9 rings (SSSR count). The van der Waals surface area contributed by atoms with E-state index in [-0.39, 0.29) is 43.2 Å². The Bertz CT molecular complexity index is 2400. The second-order valence-corrected chi connectivity index (χ2v) is 16.5. The summed E-state index contributed by atoms with van der Waals surface area (Å²) < 4.78 is 55.5. The molecule has 0 radical (unpaired) electrons. The van der Waals surface area contributed by atoms with Crippen molar-refractivity contribution in [3.63, 3.8) is 0 Å². The van der Waals surface area contributed by atoms with Crippen LogP contribution >= 0.6 is 0 Å². The van der Waals surface area contributed by atoms with E-state index in [1.165, 1.54) is 13.2 Å². The first-order valence-corrected chi connectivity index (χ1v) is 19.3. The molecule has 0 spiro atoms. The number of methoxy groups -OCH3 is 1. The Morgan fingerprint density at radius 3 is 2.62 bits per heavy atom. The second-order valence-electron chi connectivity index (χ2n) is 16.5. The molecule has 3 aromatic heterocycles. The number of imidazole rings is 1. The molecule has 14 heteroatoms. The summed E-state index contributed by atoms with van der Waals surface area (Å²) in [7, 11) is 1.54. The zero-order valence-electron chi connectivity index (χ0n) is 32.1. The Hall–Kier alpha value is -5.26. The number of anilines is 1. The van der Waals surface area contributed by atoms with Crippen molar-refractivity contribution in [2.45, 2.75) is 82.3 Å². The summed E-state index contributed by atoms with van der Waals surface area (Å²) in [5.74, 6) is 3.18. The van der Waals surface area contributed by atoms with Crippen LogP contribution in [-0.4, -0.2) is 111 Å². The molecule has 7 heterocycles. The third-order valence-electron chi connectivity index (χ3n) is 11.7. The molecule has 4 saturated heterocycles. The van der Waals surface area contributed by atoms with Gasteiger partial charge in [0.2, 0.25) is 0 Å². The van der Waals surface area contributed by atoms with Gasteiger partial charge in [0.25, 0.3) is 0 Å². The summed E-state index contributed by atoms with van der Waals surface area (Å²) >= 11 is 0. The molecule has 12 nitrogen and oxygen atoms in total. The Kier molecular flexibility index (Phi) is 8.93. The fraction of sp³-hybridized carbons (Fsp3) is 0.476. The number of nitrogens with zero attached hydrogens (tertiary/aromatic N) is 7. The van der Waals surface area contributed by atoms with Gasteiger partial charge in [0, 0.05) is 56.5 Å². The Labute approximate surface area is 323 Å². The number of alkyl halides is 1. The Morgan fingerprint density at radius 2 is 1.88 bits per heavy atom. The summed E-state index contributed by atoms with van der Waals surface area (Å²) in [6.07, 6.45) is 12.2. The molecular weight excluding hydrogens is 721 g/mol. The summed E-state index contributed by atoms with van der Waals surface area (Å²) in [6.45, 7) is 8.18. The lowest BCUT2D eigenvalue weighted by Gasteiger charge is -2.42. The van der Waals surface area contributed by atoms with Crippen LogP contribution < -0.4 is 14.4 Å². The van der Waals surface area contributed by atoms with Crippen molar-refractivity contribution in [2.24, 2.45) is 0 Å². The van der Waals surface area contributed by atoms with Gasteiger partial charge in [0.1, 0.15) is 41.1 Å². The van der Waals surface area contributed by atoms with E-state index in [2.05, 4.69) is 15.7 Å². The van der Waals surface area contributed by atoms with Gasteiger partial charge in [0.05, 0.1) is 28.7 Å². The number of hydrogen-bond acceptors (Lipinski definition) is 10. The maximum atomic E-state index is 15.4.